The van der Waals surface area contributed by atoms with Crippen molar-refractivity contribution in [1.82, 2.24) is 0 Å². The summed E-state index contributed by atoms with van der Waals surface area (Å²) in [5.74, 6) is -2.14. The molecule has 7 nitrogen and oxygen atoms in total. The Morgan fingerprint density at radius 1 is 1.45 bits per heavy atom. The number of benzene rings is 1. The van der Waals surface area contributed by atoms with E-state index in [2.05, 4.69) is 0 Å². The Morgan fingerprint density at radius 2 is 2.20 bits per heavy atom. The van der Waals surface area contributed by atoms with E-state index in [4.69, 9.17) is 14.3 Å². The highest BCUT2D eigenvalue weighted by atomic mass is 19.1. The number of carboxylic acid groups (broad SMARTS) is 1. The predicted molar refractivity (Wildman–Crippen MR) is 63.1 cm³/mol. The van der Waals surface area contributed by atoms with Gasteiger partial charge in [0.2, 0.25) is 0 Å². The Kier molecular flexibility index (Phi) is 3.65. The van der Waals surface area contributed by atoms with Crippen LogP contribution in [0.4, 0.5) is 10.1 Å². The number of furan rings is 1. The van der Waals surface area contributed by atoms with E-state index in [1.165, 1.54) is 12.3 Å². The molecule has 0 aliphatic heterocycles. The molecule has 1 aromatic heterocycles. The number of ether oxygens (including phenoxy) is 1. The van der Waals surface area contributed by atoms with Gasteiger partial charge in [-0.3, -0.25) is 10.1 Å². The van der Waals surface area contributed by atoms with Crippen LogP contribution in [0.1, 0.15) is 16.1 Å². The van der Waals surface area contributed by atoms with Crippen molar-refractivity contribution in [3.05, 3.63) is 57.8 Å². The smallest absolute Gasteiger partial charge is 0.339 e. The lowest BCUT2D eigenvalue weighted by Crippen LogP contribution is -2.04. The number of aromatic carboxylic acids is 1. The van der Waals surface area contributed by atoms with Crippen LogP contribution in [0.15, 0.2) is 34.9 Å². The van der Waals surface area contributed by atoms with Gasteiger partial charge in [0.05, 0.1) is 17.3 Å². The van der Waals surface area contributed by atoms with Crippen LogP contribution in [0, 0.1) is 15.9 Å². The standard InChI is InChI=1S/C12H8FNO6/c13-7-1-2-10(9(5-7)14(17)18)20-6-11-8(12(15)16)3-4-19-11/h1-5H,6H2,(H,15,16). The number of halogens is 1. The van der Waals surface area contributed by atoms with Gasteiger partial charge < -0.3 is 14.3 Å². The zero-order valence-corrected chi connectivity index (χ0v) is 9.91. The number of carboxylic acids is 1. The number of rotatable bonds is 5. The Balaban J connectivity index is 2.21. The van der Waals surface area contributed by atoms with Crippen LogP contribution < -0.4 is 4.74 Å². The number of nitro benzene ring substituents is 1. The Bertz CT molecular complexity index is 666. The minimum Gasteiger partial charge on any atom is -0.479 e. The molecule has 104 valence electrons. The van der Waals surface area contributed by atoms with Crippen LogP contribution in [-0.2, 0) is 6.61 Å². The van der Waals surface area contributed by atoms with Crippen LogP contribution in [0.25, 0.3) is 0 Å². The Labute approximate surface area is 111 Å². The average Bonchev–Trinajstić information content (AvgIpc) is 2.85. The van der Waals surface area contributed by atoms with E-state index < -0.39 is 22.4 Å². The first-order valence-electron chi connectivity index (χ1n) is 5.35. The van der Waals surface area contributed by atoms with Gasteiger partial charge in [-0.05, 0) is 18.2 Å². The van der Waals surface area contributed by atoms with Gasteiger partial charge in [-0.15, -0.1) is 0 Å². The van der Waals surface area contributed by atoms with Crippen molar-refractivity contribution in [2.75, 3.05) is 0 Å². The van der Waals surface area contributed by atoms with Crippen molar-refractivity contribution >= 4 is 11.7 Å². The summed E-state index contributed by atoms with van der Waals surface area (Å²) in [4.78, 5) is 20.8. The van der Waals surface area contributed by atoms with Crippen molar-refractivity contribution in [2.24, 2.45) is 0 Å². The summed E-state index contributed by atoms with van der Waals surface area (Å²) in [6, 6.07) is 4.05. The monoisotopic (exact) mass is 281 g/mol. The summed E-state index contributed by atoms with van der Waals surface area (Å²) in [5.41, 5.74) is -0.650. The molecule has 0 aliphatic rings. The lowest BCUT2D eigenvalue weighted by atomic mass is 10.2. The molecule has 2 rings (SSSR count). The lowest BCUT2D eigenvalue weighted by Gasteiger charge is -2.05. The number of hydrogen-bond acceptors (Lipinski definition) is 5. The van der Waals surface area contributed by atoms with E-state index in [0.717, 1.165) is 18.2 Å². The molecule has 0 amide bonds. The zero-order valence-electron chi connectivity index (χ0n) is 9.91. The molecule has 2 aromatic rings. The topological polar surface area (TPSA) is 103 Å². The maximum atomic E-state index is 12.9. The lowest BCUT2D eigenvalue weighted by molar-refractivity contribution is -0.386. The van der Waals surface area contributed by atoms with Gasteiger partial charge in [0.25, 0.3) is 0 Å². The largest absolute Gasteiger partial charge is 0.479 e. The van der Waals surface area contributed by atoms with E-state index in [9.17, 15) is 19.3 Å². The number of nitrogens with zero attached hydrogens (tertiary/aromatic N) is 1. The minimum atomic E-state index is -1.20. The van der Waals surface area contributed by atoms with Crippen LogP contribution in [0.2, 0.25) is 0 Å². The number of carbonyl (C=O) groups is 1. The van der Waals surface area contributed by atoms with Gasteiger partial charge in [0.15, 0.2) is 11.5 Å². The summed E-state index contributed by atoms with van der Waals surface area (Å²) in [6.07, 6.45) is 1.17. The second-order valence-corrected chi connectivity index (χ2v) is 3.72. The van der Waals surface area contributed by atoms with Crippen LogP contribution in [-0.4, -0.2) is 16.0 Å². The summed E-state index contributed by atoms with van der Waals surface area (Å²) in [7, 11) is 0. The molecule has 0 fully saturated rings. The third-order valence-electron chi connectivity index (χ3n) is 2.45. The molecule has 0 aliphatic carbocycles. The molecular formula is C12H8FNO6. The fraction of sp³-hybridized carbons (Fsp3) is 0.0833. The van der Waals surface area contributed by atoms with Gasteiger partial charge in [0.1, 0.15) is 18.0 Å². The van der Waals surface area contributed by atoms with E-state index in [1.807, 2.05) is 0 Å². The molecule has 0 atom stereocenters. The quantitative estimate of drug-likeness (QED) is 0.667. The Morgan fingerprint density at radius 3 is 2.85 bits per heavy atom. The molecule has 0 unspecified atom stereocenters. The van der Waals surface area contributed by atoms with Gasteiger partial charge in [-0.1, -0.05) is 0 Å². The third kappa shape index (κ3) is 2.74. The highest BCUT2D eigenvalue weighted by Crippen LogP contribution is 2.28. The number of nitro groups is 1. The van der Waals surface area contributed by atoms with Crippen molar-refractivity contribution in [3.8, 4) is 5.75 Å². The van der Waals surface area contributed by atoms with E-state index >= 15 is 0 Å². The predicted octanol–water partition coefficient (Wildman–Crippen LogP) is 2.60. The molecule has 8 heteroatoms. The molecule has 0 bridgehead atoms. The molecule has 1 heterocycles. The first-order valence-corrected chi connectivity index (χ1v) is 5.35. The fourth-order valence-corrected chi connectivity index (χ4v) is 1.54. The van der Waals surface area contributed by atoms with Crippen molar-refractivity contribution in [3.63, 3.8) is 0 Å². The second-order valence-electron chi connectivity index (χ2n) is 3.72. The fourth-order valence-electron chi connectivity index (χ4n) is 1.54. The molecule has 0 saturated carbocycles. The van der Waals surface area contributed by atoms with E-state index in [1.54, 1.807) is 0 Å². The van der Waals surface area contributed by atoms with E-state index in [0.29, 0.717) is 0 Å². The van der Waals surface area contributed by atoms with Crippen molar-refractivity contribution in [1.29, 1.82) is 0 Å². The average molecular weight is 281 g/mol. The normalized spacial score (nSPS) is 10.2. The third-order valence-corrected chi connectivity index (χ3v) is 2.45. The van der Waals surface area contributed by atoms with Gasteiger partial charge >= 0.3 is 11.7 Å². The summed E-state index contributed by atoms with van der Waals surface area (Å²) in [6.45, 7) is -0.318. The maximum Gasteiger partial charge on any atom is 0.339 e. The molecule has 0 spiro atoms. The summed E-state index contributed by atoms with van der Waals surface area (Å²) in [5, 5.41) is 19.6. The summed E-state index contributed by atoms with van der Waals surface area (Å²) >= 11 is 0. The van der Waals surface area contributed by atoms with Gasteiger partial charge in [-0.2, -0.15) is 0 Å². The number of hydrogen-bond donors (Lipinski definition) is 1. The maximum absolute atomic E-state index is 12.9. The second kappa shape index (κ2) is 5.39. The molecule has 1 aromatic carbocycles. The van der Waals surface area contributed by atoms with Crippen LogP contribution in [0.3, 0.4) is 0 Å². The first-order chi connectivity index (χ1) is 9.49. The highest BCUT2D eigenvalue weighted by molar-refractivity contribution is 5.88. The molecule has 20 heavy (non-hydrogen) atoms. The zero-order chi connectivity index (χ0) is 14.7. The van der Waals surface area contributed by atoms with Gasteiger partial charge in [0, 0.05) is 0 Å². The minimum absolute atomic E-state index is 0.0103. The van der Waals surface area contributed by atoms with E-state index in [-0.39, 0.29) is 23.7 Å². The molecule has 1 N–H and O–H groups in total. The van der Waals surface area contributed by atoms with Gasteiger partial charge in [-0.25, -0.2) is 9.18 Å². The van der Waals surface area contributed by atoms with Crippen molar-refractivity contribution < 1.29 is 28.4 Å². The summed E-state index contributed by atoms with van der Waals surface area (Å²) < 4.78 is 23.0. The van der Waals surface area contributed by atoms with Crippen molar-refractivity contribution in [2.45, 2.75) is 6.61 Å². The Hall–Kier alpha value is -2.90. The SMILES string of the molecule is O=C(O)c1ccoc1COc1ccc(F)cc1[N+](=O)[O-]. The first kappa shape index (κ1) is 13.5. The highest BCUT2D eigenvalue weighted by Gasteiger charge is 2.19. The molecular weight excluding hydrogens is 273 g/mol. The molecule has 0 saturated heterocycles. The molecule has 0 radical (unpaired) electrons. The van der Waals surface area contributed by atoms with Crippen LogP contribution in [0.5, 0.6) is 5.75 Å². The van der Waals surface area contributed by atoms with Crippen LogP contribution >= 0.6 is 0 Å².